The van der Waals surface area contributed by atoms with Crippen molar-refractivity contribution in [3.63, 3.8) is 0 Å². The third-order valence-corrected chi connectivity index (χ3v) is 5.39. The molecule has 1 aliphatic rings. The van der Waals surface area contributed by atoms with Crippen LogP contribution in [0.2, 0.25) is 0 Å². The van der Waals surface area contributed by atoms with E-state index in [0.717, 1.165) is 47.6 Å². The van der Waals surface area contributed by atoms with Crippen LogP contribution in [0, 0.1) is 0 Å². The maximum Gasteiger partial charge on any atom is 0.273 e. The first-order chi connectivity index (χ1) is 11.8. The number of thiophene rings is 1. The predicted octanol–water partition coefficient (Wildman–Crippen LogP) is 3.77. The highest BCUT2D eigenvalue weighted by atomic mass is 32.1. The van der Waals surface area contributed by atoms with Crippen molar-refractivity contribution in [1.82, 2.24) is 10.5 Å². The van der Waals surface area contributed by atoms with E-state index in [4.69, 9.17) is 8.94 Å². The highest BCUT2D eigenvalue weighted by Crippen LogP contribution is 2.28. The standard InChI is InChI=1S/C18H18N2O3S/c21-18(17-12-5-1-2-6-15(12)23-20-17)19-11-13(14-7-3-9-22-14)16-8-4-10-24-16/h3-4,7-10,13H,1-2,5-6,11H2,(H,19,21)/t13-/m1/s1. The molecule has 1 atom stereocenters. The molecule has 5 nitrogen and oxygen atoms in total. The summed E-state index contributed by atoms with van der Waals surface area (Å²) in [7, 11) is 0. The lowest BCUT2D eigenvalue weighted by atomic mass is 9.96. The van der Waals surface area contributed by atoms with Gasteiger partial charge in [0.1, 0.15) is 11.5 Å². The van der Waals surface area contributed by atoms with E-state index in [9.17, 15) is 4.79 Å². The van der Waals surface area contributed by atoms with Crippen molar-refractivity contribution >= 4 is 17.2 Å². The molecule has 0 saturated carbocycles. The Hall–Kier alpha value is -2.34. The number of nitrogens with one attached hydrogen (secondary N) is 1. The van der Waals surface area contributed by atoms with Gasteiger partial charge >= 0.3 is 0 Å². The van der Waals surface area contributed by atoms with Crippen LogP contribution in [-0.2, 0) is 12.8 Å². The van der Waals surface area contributed by atoms with Crippen molar-refractivity contribution in [3.05, 3.63) is 63.6 Å². The maximum absolute atomic E-state index is 12.6. The molecule has 1 amide bonds. The molecule has 1 N–H and O–H groups in total. The number of rotatable bonds is 5. The minimum Gasteiger partial charge on any atom is -0.469 e. The second kappa shape index (κ2) is 6.65. The van der Waals surface area contributed by atoms with Gasteiger partial charge in [0.2, 0.25) is 0 Å². The fourth-order valence-electron chi connectivity index (χ4n) is 3.16. The van der Waals surface area contributed by atoms with Crippen LogP contribution in [-0.4, -0.2) is 17.6 Å². The van der Waals surface area contributed by atoms with Crippen molar-refractivity contribution < 1.29 is 13.7 Å². The highest BCUT2D eigenvalue weighted by molar-refractivity contribution is 7.10. The zero-order chi connectivity index (χ0) is 16.4. The van der Waals surface area contributed by atoms with Crippen LogP contribution in [0.3, 0.4) is 0 Å². The summed E-state index contributed by atoms with van der Waals surface area (Å²) in [4.78, 5) is 13.7. The van der Waals surface area contributed by atoms with Crippen LogP contribution in [0.4, 0.5) is 0 Å². The van der Waals surface area contributed by atoms with Gasteiger partial charge in [0.25, 0.3) is 5.91 Å². The van der Waals surface area contributed by atoms with Crippen molar-refractivity contribution in [2.45, 2.75) is 31.6 Å². The number of carbonyl (C=O) groups is 1. The predicted molar refractivity (Wildman–Crippen MR) is 90.3 cm³/mol. The molecule has 6 heteroatoms. The Morgan fingerprint density at radius 1 is 1.29 bits per heavy atom. The third-order valence-electron chi connectivity index (χ3n) is 4.41. The van der Waals surface area contributed by atoms with Crippen LogP contribution in [0.25, 0.3) is 0 Å². The van der Waals surface area contributed by atoms with E-state index in [1.807, 2.05) is 23.6 Å². The monoisotopic (exact) mass is 342 g/mol. The van der Waals surface area contributed by atoms with Gasteiger partial charge in [-0.1, -0.05) is 11.2 Å². The molecule has 3 aromatic rings. The van der Waals surface area contributed by atoms with Crippen LogP contribution >= 0.6 is 11.3 Å². The van der Waals surface area contributed by atoms with E-state index in [-0.39, 0.29) is 11.8 Å². The van der Waals surface area contributed by atoms with E-state index < -0.39 is 0 Å². The second-order valence-corrected chi connectivity index (χ2v) is 6.91. The summed E-state index contributed by atoms with van der Waals surface area (Å²) >= 11 is 1.66. The van der Waals surface area contributed by atoms with E-state index in [0.29, 0.717) is 12.2 Å². The van der Waals surface area contributed by atoms with Crippen LogP contribution in [0.1, 0.15) is 51.2 Å². The van der Waals surface area contributed by atoms with Crippen molar-refractivity contribution in [1.29, 1.82) is 0 Å². The number of hydrogen-bond acceptors (Lipinski definition) is 5. The average molecular weight is 342 g/mol. The van der Waals surface area contributed by atoms with E-state index >= 15 is 0 Å². The fraction of sp³-hybridized carbons (Fsp3) is 0.333. The van der Waals surface area contributed by atoms with Crippen LogP contribution < -0.4 is 5.32 Å². The summed E-state index contributed by atoms with van der Waals surface area (Å²) in [5.74, 6) is 1.55. The zero-order valence-electron chi connectivity index (χ0n) is 13.2. The first-order valence-electron chi connectivity index (χ1n) is 8.15. The van der Waals surface area contributed by atoms with Crippen LogP contribution in [0.5, 0.6) is 0 Å². The van der Waals surface area contributed by atoms with Crippen molar-refractivity contribution in [2.24, 2.45) is 0 Å². The topological polar surface area (TPSA) is 68.3 Å². The molecule has 4 rings (SSSR count). The van der Waals surface area contributed by atoms with Gasteiger partial charge in [0.15, 0.2) is 5.69 Å². The van der Waals surface area contributed by atoms with E-state index in [1.54, 1.807) is 17.6 Å². The van der Waals surface area contributed by atoms with Gasteiger partial charge < -0.3 is 14.3 Å². The number of amides is 1. The van der Waals surface area contributed by atoms with Gasteiger partial charge in [0, 0.05) is 23.4 Å². The lowest BCUT2D eigenvalue weighted by Gasteiger charge is -2.14. The van der Waals surface area contributed by atoms with Gasteiger partial charge in [0.05, 0.1) is 12.2 Å². The number of aromatic nitrogens is 1. The third kappa shape index (κ3) is 2.89. The Morgan fingerprint density at radius 3 is 3.00 bits per heavy atom. The first-order valence-corrected chi connectivity index (χ1v) is 9.03. The summed E-state index contributed by atoms with van der Waals surface area (Å²) in [6.07, 6.45) is 5.58. The summed E-state index contributed by atoms with van der Waals surface area (Å²) < 4.78 is 10.9. The minimum atomic E-state index is -0.171. The molecule has 0 radical (unpaired) electrons. The quantitative estimate of drug-likeness (QED) is 0.766. The number of nitrogens with zero attached hydrogens (tertiary/aromatic N) is 1. The van der Waals surface area contributed by atoms with Crippen LogP contribution in [0.15, 0.2) is 44.8 Å². The van der Waals surface area contributed by atoms with Crippen molar-refractivity contribution in [3.8, 4) is 0 Å². The first kappa shape index (κ1) is 15.2. The Labute approximate surface area is 143 Å². The summed E-state index contributed by atoms with van der Waals surface area (Å²) in [5.41, 5.74) is 1.42. The lowest BCUT2D eigenvalue weighted by Crippen LogP contribution is -2.29. The molecule has 0 aliphatic heterocycles. The number of aryl methyl sites for hydroxylation is 1. The number of fused-ring (bicyclic) bond motifs is 1. The molecular formula is C18H18N2O3S. The van der Waals surface area contributed by atoms with E-state index in [2.05, 4.69) is 16.5 Å². The molecule has 3 heterocycles. The van der Waals surface area contributed by atoms with Gasteiger partial charge in [-0.05, 0) is 42.8 Å². The molecule has 0 unspecified atom stereocenters. The molecule has 1 aliphatic carbocycles. The summed E-state index contributed by atoms with van der Waals surface area (Å²) in [6.45, 7) is 0.467. The van der Waals surface area contributed by atoms with Gasteiger partial charge in [-0.15, -0.1) is 11.3 Å². The Balaban J connectivity index is 1.50. The van der Waals surface area contributed by atoms with Gasteiger partial charge in [-0.2, -0.15) is 0 Å². The molecule has 3 aromatic heterocycles. The molecular weight excluding hydrogens is 324 g/mol. The number of furan rings is 1. The molecule has 0 saturated heterocycles. The average Bonchev–Trinajstić information content (AvgIpc) is 3.36. The number of carbonyl (C=O) groups excluding carboxylic acids is 1. The highest BCUT2D eigenvalue weighted by Gasteiger charge is 2.25. The Bertz CT molecular complexity index is 771. The van der Waals surface area contributed by atoms with Gasteiger partial charge in [-0.25, -0.2) is 0 Å². The smallest absolute Gasteiger partial charge is 0.273 e. The SMILES string of the molecule is O=C(NC[C@H](c1ccco1)c1cccs1)c1noc2c1CCCC2. The molecule has 124 valence electrons. The molecule has 0 fully saturated rings. The largest absolute Gasteiger partial charge is 0.469 e. The zero-order valence-corrected chi connectivity index (χ0v) is 14.0. The Kier molecular flexibility index (Phi) is 4.21. The maximum atomic E-state index is 12.6. The van der Waals surface area contributed by atoms with E-state index in [1.165, 1.54) is 0 Å². The van der Waals surface area contributed by atoms with Crippen molar-refractivity contribution in [2.75, 3.05) is 6.54 Å². The van der Waals surface area contributed by atoms with Gasteiger partial charge in [-0.3, -0.25) is 4.79 Å². The summed E-state index contributed by atoms with van der Waals surface area (Å²) in [5, 5.41) is 9.02. The fourth-order valence-corrected chi connectivity index (χ4v) is 4.00. The normalized spacial score (nSPS) is 15.0. The lowest BCUT2D eigenvalue weighted by molar-refractivity contribution is 0.0942. The molecule has 0 spiro atoms. The second-order valence-electron chi connectivity index (χ2n) is 5.93. The minimum absolute atomic E-state index is 0.00618. The Morgan fingerprint density at radius 2 is 2.21 bits per heavy atom. The molecule has 24 heavy (non-hydrogen) atoms. The summed E-state index contributed by atoms with van der Waals surface area (Å²) in [6, 6.07) is 7.87. The molecule has 0 aromatic carbocycles. The number of hydrogen-bond donors (Lipinski definition) is 1. The molecule has 0 bridgehead atoms.